The lowest BCUT2D eigenvalue weighted by molar-refractivity contribution is 0.0998. The Morgan fingerprint density at radius 2 is 0.684 bits per heavy atom. The molecule has 35 nitrogen and oxygen atoms in total. The SMILES string of the molecule is CCc1cnc(N2CCC(COc3ccc(C4=CCN(C(=O)OCc5ccccc5)CC4)nn3)CC2)nc1.CCc1cnc(N2CCC(COc3ccc(C4=CCN(S(C)(=O)=O)CC4)nn3)CC2)nc1.CCc1cnc(N2CCC(COc3ccc(C4CCN(S(C)(=O)=O)CC4)nn3)CC2)nc1.CCc1cnc(N2CCC(COc3ccc(Cl)nn3)CC2)nc1.Clc1ccc(Cl)nn1. The van der Waals surface area contributed by atoms with Crippen molar-refractivity contribution in [2.24, 2.45) is 23.7 Å². The first kappa shape index (κ1) is 99.3. The zero-order chi connectivity index (χ0) is 93.3. The van der Waals surface area contributed by atoms with E-state index in [1.165, 1.54) is 26.7 Å². The predicted molar refractivity (Wildman–Crippen MR) is 511 cm³/mol. The Bertz CT molecular complexity index is 5480. The van der Waals surface area contributed by atoms with Gasteiger partial charge in [0.15, 0.2) is 15.5 Å². The van der Waals surface area contributed by atoms with Crippen LogP contribution in [0.1, 0.15) is 156 Å². The summed E-state index contributed by atoms with van der Waals surface area (Å²) in [5.41, 5.74) is 10.2. The fraction of sp³-hybridized carbons (Fsp3) is 0.495. The maximum absolute atomic E-state index is 12.4. The summed E-state index contributed by atoms with van der Waals surface area (Å²) < 4.78 is 78.5. The molecule has 9 aromatic heterocycles. The first-order chi connectivity index (χ1) is 64.5. The largest absolute Gasteiger partial charge is 0.476 e. The fourth-order valence-electron chi connectivity index (χ4n) is 15.8. The Morgan fingerprint density at radius 1 is 0.353 bits per heavy atom. The molecule has 0 aliphatic carbocycles. The number of benzene rings is 1. The third kappa shape index (κ3) is 31.2. The number of rotatable bonds is 27. The molecule has 0 atom stereocenters. The Kier molecular flexibility index (Phi) is 37.5. The van der Waals surface area contributed by atoms with Crippen LogP contribution in [0.2, 0.25) is 15.5 Å². The molecule has 0 spiro atoms. The topological polar surface area (TPSA) is 386 Å². The second-order valence-corrected chi connectivity index (χ2v) is 38.8. The standard InChI is InChI=1S/C29H34N6O3.C22H32N6O3S.C22H30N6O3S.C16H20ClN5O.C4H2Cl2N2/c1-2-22-18-30-28(31-19-22)34-14-10-24(11-15-34)20-37-27-9-8-26(32-33-27)25-12-16-35(17-13-25)29(36)38-21-23-6-4-3-5-7-23;2*1-3-17-14-23-22(24-15-17)27-10-6-18(7-11-27)16-31-21-5-4-20(25-26-21)19-8-12-28(13-9-19)32(2,29)30;1-2-12-9-18-16(19-10-12)22-7-5-13(6-8-22)11-23-15-4-3-14(17)20-21-15;5-3-1-2-4(6)8-7-3/h3-9,12,18-19,24H,2,10-11,13-17,20-21H2,1H3;4-5,14-15,18-19H,3,6-13,16H2,1-2H3;4-5,8,14-15,18H,3,6-7,9-13,16H2,1-2H3;3-4,9-10,13H,2,5-8,11H2,1H3;1-2H. The van der Waals surface area contributed by atoms with Crippen LogP contribution < -0.4 is 38.5 Å². The number of aromatic nitrogens is 18. The van der Waals surface area contributed by atoms with E-state index in [0.29, 0.717) is 141 Å². The van der Waals surface area contributed by atoms with Gasteiger partial charge in [0, 0.05) is 171 Å². The van der Waals surface area contributed by atoms with Crippen LogP contribution in [0.3, 0.4) is 0 Å². The van der Waals surface area contributed by atoms with Crippen LogP contribution >= 0.6 is 34.8 Å². The molecular weight excluding hydrogens is 1800 g/mol. The molecule has 5 saturated heterocycles. The first-order valence-electron chi connectivity index (χ1n) is 45.7. The smallest absolute Gasteiger partial charge is 0.410 e. The molecule has 17 rings (SSSR count). The first-order valence-corrected chi connectivity index (χ1v) is 50.5. The molecule has 7 aliphatic heterocycles. The van der Waals surface area contributed by atoms with E-state index in [-0.39, 0.29) is 18.6 Å². The molecule has 708 valence electrons. The van der Waals surface area contributed by atoms with Crippen LogP contribution in [-0.4, -0.2) is 258 Å². The molecule has 16 heterocycles. The number of piperidine rings is 5. The Hall–Kier alpha value is -11.2. The second-order valence-electron chi connectivity index (χ2n) is 33.6. The molecule has 0 bridgehead atoms. The van der Waals surface area contributed by atoms with Gasteiger partial charge in [-0.3, -0.25) is 0 Å². The Balaban J connectivity index is 0.000000148. The van der Waals surface area contributed by atoms with Crippen molar-refractivity contribution in [2.75, 3.05) is 150 Å². The van der Waals surface area contributed by atoms with E-state index in [1.54, 1.807) is 29.2 Å². The number of carbonyl (C=O) groups excluding carboxylic acids is 1. The molecule has 0 N–H and O–H groups in total. The zero-order valence-electron chi connectivity index (χ0n) is 76.3. The number of hydrogen-bond acceptors (Lipinski definition) is 32. The number of ether oxygens (including phenoxy) is 5. The average Bonchev–Trinajstić information content (AvgIpc) is 0.818. The van der Waals surface area contributed by atoms with Gasteiger partial charge >= 0.3 is 6.09 Å². The van der Waals surface area contributed by atoms with E-state index in [2.05, 4.69) is 138 Å². The fourth-order valence-corrected chi connectivity index (χ4v) is 17.7. The van der Waals surface area contributed by atoms with Crippen molar-refractivity contribution >= 4 is 95.9 Å². The summed E-state index contributed by atoms with van der Waals surface area (Å²) in [6.07, 6.45) is 36.4. The quantitative estimate of drug-likeness (QED) is 0.0461. The lowest BCUT2D eigenvalue weighted by Crippen LogP contribution is -2.37. The van der Waals surface area contributed by atoms with E-state index >= 15 is 0 Å². The normalized spacial score (nSPS) is 17.0. The number of aryl methyl sites for hydroxylation is 4. The minimum absolute atomic E-state index is 0.243. The Morgan fingerprint density at radius 3 is 0.977 bits per heavy atom. The lowest BCUT2D eigenvalue weighted by Gasteiger charge is -2.31. The number of sulfonamides is 2. The maximum Gasteiger partial charge on any atom is 0.410 e. The molecule has 1 amide bonds. The third-order valence-corrected chi connectivity index (χ3v) is 27.5. The van der Waals surface area contributed by atoms with Gasteiger partial charge in [0.05, 0.1) is 56.0 Å². The van der Waals surface area contributed by atoms with Crippen molar-refractivity contribution in [1.82, 2.24) is 104 Å². The molecule has 5 fully saturated rings. The maximum atomic E-state index is 12.4. The van der Waals surface area contributed by atoms with Gasteiger partial charge in [-0.25, -0.2) is 65.8 Å². The molecule has 40 heteroatoms. The lowest BCUT2D eigenvalue weighted by atomic mass is 9.94. The predicted octanol–water partition coefficient (Wildman–Crippen LogP) is 13.5. The highest BCUT2D eigenvalue weighted by molar-refractivity contribution is 7.88. The summed E-state index contributed by atoms with van der Waals surface area (Å²) in [5.74, 6) is 7.54. The summed E-state index contributed by atoms with van der Waals surface area (Å²) in [5, 5.41) is 41.4. The molecule has 0 saturated carbocycles. The van der Waals surface area contributed by atoms with E-state index < -0.39 is 20.0 Å². The van der Waals surface area contributed by atoms with Gasteiger partial charge in [0.25, 0.3) is 0 Å². The van der Waals surface area contributed by atoms with Crippen molar-refractivity contribution < 1.29 is 45.3 Å². The van der Waals surface area contributed by atoms with Crippen LogP contribution in [0.4, 0.5) is 28.6 Å². The number of nitrogens with zero attached hydrogens (tertiary/aromatic N) is 25. The highest BCUT2D eigenvalue weighted by Crippen LogP contribution is 2.32. The number of anilines is 4. The van der Waals surface area contributed by atoms with Gasteiger partial charge in [-0.2, -0.15) is 9.40 Å². The molecule has 10 aromatic rings. The van der Waals surface area contributed by atoms with Crippen molar-refractivity contribution in [1.29, 1.82) is 0 Å². The van der Waals surface area contributed by atoms with Crippen LogP contribution in [0, 0.1) is 23.7 Å². The third-order valence-electron chi connectivity index (χ3n) is 24.3. The van der Waals surface area contributed by atoms with Crippen LogP contribution in [0.5, 0.6) is 23.5 Å². The minimum Gasteiger partial charge on any atom is -0.476 e. The van der Waals surface area contributed by atoms with Crippen molar-refractivity contribution in [3.05, 3.63) is 213 Å². The molecular formula is C93H118Cl3N25O10S2. The highest BCUT2D eigenvalue weighted by atomic mass is 35.5. The van der Waals surface area contributed by atoms with Crippen molar-refractivity contribution in [3.8, 4) is 23.5 Å². The van der Waals surface area contributed by atoms with Gasteiger partial charge in [0.2, 0.25) is 67.4 Å². The van der Waals surface area contributed by atoms with E-state index in [0.717, 1.165) is 217 Å². The second kappa shape index (κ2) is 50.2. The van der Waals surface area contributed by atoms with Crippen molar-refractivity contribution in [3.63, 3.8) is 0 Å². The number of amides is 1. The summed E-state index contributed by atoms with van der Waals surface area (Å²) in [7, 11) is -6.27. The van der Waals surface area contributed by atoms with Crippen LogP contribution in [0.25, 0.3) is 11.1 Å². The summed E-state index contributed by atoms with van der Waals surface area (Å²) in [6.45, 7) is 21.7. The summed E-state index contributed by atoms with van der Waals surface area (Å²) in [4.78, 5) is 58.9. The molecule has 7 aliphatic rings. The summed E-state index contributed by atoms with van der Waals surface area (Å²) in [6, 6.07) is 27.7. The summed E-state index contributed by atoms with van der Waals surface area (Å²) >= 11 is 16.5. The molecule has 1 aromatic carbocycles. The minimum atomic E-state index is -3.16. The van der Waals surface area contributed by atoms with Gasteiger partial charge in [-0.05, 0) is 202 Å². The number of halogens is 3. The molecule has 0 unspecified atom stereocenters. The molecule has 0 radical (unpaired) electrons. The highest BCUT2D eigenvalue weighted by Gasteiger charge is 2.31. The average molecular weight is 1920 g/mol. The van der Waals surface area contributed by atoms with Gasteiger partial charge in [0.1, 0.15) is 6.61 Å². The Labute approximate surface area is 793 Å². The number of carbonyl (C=O) groups is 1. The van der Waals surface area contributed by atoms with Gasteiger partial charge in [-0.15, -0.1) is 45.9 Å². The van der Waals surface area contributed by atoms with E-state index in [1.807, 2.05) is 128 Å². The van der Waals surface area contributed by atoms with Gasteiger partial charge in [-0.1, -0.05) is 105 Å². The zero-order valence-corrected chi connectivity index (χ0v) is 80.2. The monoisotopic (exact) mass is 1910 g/mol. The number of hydrogen-bond donors (Lipinski definition) is 0. The van der Waals surface area contributed by atoms with Gasteiger partial charge < -0.3 is 48.2 Å². The van der Waals surface area contributed by atoms with Crippen LogP contribution in [0.15, 0.2) is 153 Å². The van der Waals surface area contributed by atoms with Crippen LogP contribution in [-0.2, 0) is 57.1 Å². The van der Waals surface area contributed by atoms with E-state index in [4.69, 9.17) is 58.5 Å². The van der Waals surface area contributed by atoms with Crippen molar-refractivity contribution in [2.45, 2.75) is 143 Å². The molecule has 133 heavy (non-hydrogen) atoms. The van der Waals surface area contributed by atoms with E-state index in [9.17, 15) is 21.6 Å².